The highest BCUT2D eigenvalue weighted by Crippen LogP contribution is 2.34. The standard InChI is InChI=1S/C17H24BrNO/c1-12-6-7-15(14(3)9-12)16(20)19-17(11-18)8-4-5-13(2)10-17/h6-7,9,13H,4-5,8,10-11H2,1-3H3,(H,19,20). The fourth-order valence-corrected chi connectivity index (χ4v) is 3.95. The van der Waals surface area contributed by atoms with Crippen LogP contribution in [0.2, 0.25) is 0 Å². The van der Waals surface area contributed by atoms with Gasteiger partial charge in [-0.05, 0) is 44.2 Å². The maximum Gasteiger partial charge on any atom is 0.252 e. The van der Waals surface area contributed by atoms with Crippen LogP contribution in [-0.2, 0) is 0 Å². The van der Waals surface area contributed by atoms with Crippen LogP contribution in [0.15, 0.2) is 18.2 Å². The van der Waals surface area contributed by atoms with Crippen molar-refractivity contribution in [1.82, 2.24) is 5.32 Å². The van der Waals surface area contributed by atoms with E-state index in [9.17, 15) is 4.79 Å². The Hall–Kier alpha value is -0.830. The van der Waals surface area contributed by atoms with Gasteiger partial charge in [0.2, 0.25) is 0 Å². The lowest BCUT2D eigenvalue weighted by atomic mass is 9.77. The molecule has 0 heterocycles. The van der Waals surface area contributed by atoms with Crippen LogP contribution in [0.3, 0.4) is 0 Å². The fraction of sp³-hybridized carbons (Fsp3) is 0.588. The van der Waals surface area contributed by atoms with Crippen molar-refractivity contribution in [2.24, 2.45) is 5.92 Å². The van der Waals surface area contributed by atoms with Gasteiger partial charge in [-0.25, -0.2) is 0 Å². The Morgan fingerprint density at radius 1 is 1.45 bits per heavy atom. The van der Waals surface area contributed by atoms with Crippen molar-refractivity contribution < 1.29 is 4.79 Å². The number of amides is 1. The molecule has 2 rings (SSSR count). The van der Waals surface area contributed by atoms with E-state index in [-0.39, 0.29) is 11.4 Å². The number of halogens is 1. The highest BCUT2D eigenvalue weighted by atomic mass is 79.9. The minimum atomic E-state index is -0.0773. The Bertz CT molecular complexity index is 500. The number of rotatable bonds is 3. The van der Waals surface area contributed by atoms with Crippen molar-refractivity contribution in [2.75, 3.05) is 5.33 Å². The smallest absolute Gasteiger partial charge is 0.252 e. The monoisotopic (exact) mass is 337 g/mol. The van der Waals surface area contributed by atoms with Gasteiger partial charge in [0.15, 0.2) is 0 Å². The second kappa shape index (κ2) is 6.30. The molecule has 0 aliphatic heterocycles. The second-order valence-corrected chi connectivity index (χ2v) is 6.95. The maximum atomic E-state index is 12.6. The largest absolute Gasteiger partial charge is 0.346 e. The molecule has 1 aliphatic carbocycles. The van der Waals surface area contributed by atoms with Gasteiger partial charge in [-0.15, -0.1) is 0 Å². The van der Waals surface area contributed by atoms with E-state index in [1.807, 2.05) is 19.1 Å². The average Bonchev–Trinajstić information content (AvgIpc) is 2.38. The van der Waals surface area contributed by atoms with Gasteiger partial charge in [0.25, 0.3) is 5.91 Å². The predicted octanol–water partition coefficient (Wildman–Crippen LogP) is 4.38. The number of nitrogens with one attached hydrogen (secondary N) is 1. The van der Waals surface area contributed by atoms with Crippen molar-refractivity contribution in [3.8, 4) is 0 Å². The highest BCUT2D eigenvalue weighted by molar-refractivity contribution is 9.09. The molecule has 1 aromatic rings. The molecule has 1 aliphatic rings. The zero-order valence-corrected chi connectivity index (χ0v) is 14.2. The molecular formula is C17H24BrNO. The summed E-state index contributed by atoms with van der Waals surface area (Å²) in [6.07, 6.45) is 4.60. The molecule has 2 nitrogen and oxygen atoms in total. The normalized spacial score (nSPS) is 26.3. The maximum absolute atomic E-state index is 12.6. The van der Waals surface area contributed by atoms with E-state index < -0.39 is 0 Å². The summed E-state index contributed by atoms with van der Waals surface area (Å²) in [4.78, 5) is 12.6. The van der Waals surface area contributed by atoms with E-state index in [1.54, 1.807) is 0 Å². The van der Waals surface area contributed by atoms with E-state index in [0.29, 0.717) is 5.92 Å². The molecule has 20 heavy (non-hydrogen) atoms. The molecule has 0 radical (unpaired) electrons. The molecule has 2 unspecified atom stereocenters. The van der Waals surface area contributed by atoms with Crippen LogP contribution in [0.25, 0.3) is 0 Å². The van der Waals surface area contributed by atoms with Crippen molar-refractivity contribution in [3.63, 3.8) is 0 Å². The van der Waals surface area contributed by atoms with Crippen LogP contribution in [0.5, 0.6) is 0 Å². The first-order chi connectivity index (χ1) is 9.46. The summed E-state index contributed by atoms with van der Waals surface area (Å²) in [5.74, 6) is 0.747. The van der Waals surface area contributed by atoms with Crippen LogP contribution >= 0.6 is 15.9 Å². The first-order valence-electron chi connectivity index (χ1n) is 7.41. The molecular weight excluding hydrogens is 314 g/mol. The third-order valence-corrected chi connectivity index (χ3v) is 5.43. The van der Waals surface area contributed by atoms with E-state index in [1.165, 1.54) is 18.4 Å². The third kappa shape index (κ3) is 3.43. The van der Waals surface area contributed by atoms with Gasteiger partial charge in [-0.1, -0.05) is 53.4 Å². The molecule has 1 aromatic carbocycles. The summed E-state index contributed by atoms with van der Waals surface area (Å²) in [6.45, 7) is 6.34. The summed E-state index contributed by atoms with van der Waals surface area (Å²) in [5.41, 5.74) is 2.97. The number of alkyl halides is 1. The fourth-order valence-electron chi connectivity index (χ4n) is 3.30. The molecule has 110 valence electrons. The molecule has 1 fully saturated rings. The number of hydrogen-bond acceptors (Lipinski definition) is 1. The SMILES string of the molecule is Cc1ccc(C(=O)NC2(CBr)CCCC(C)C2)c(C)c1. The van der Waals surface area contributed by atoms with Crippen LogP contribution < -0.4 is 5.32 Å². The highest BCUT2D eigenvalue weighted by Gasteiger charge is 2.35. The first kappa shape index (κ1) is 15.6. The average molecular weight is 338 g/mol. The molecule has 2 atom stereocenters. The summed E-state index contributed by atoms with van der Waals surface area (Å²) in [5, 5.41) is 4.14. The Labute approximate surface area is 130 Å². The third-order valence-electron chi connectivity index (χ3n) is 4.35. The van der Waals surface area contributed by atoms with Gasteiger partial charge >= 0.3 is 0 Å². The topological polar surface area (TPSA) is 29.1 Å². The number of aryl methyl sites for hydroxylation is 2. The number of carbonyl (C=O) groups excluding carboxylic acids is 1. The number of benzene rings is 1. The van der Waals surface area contributed by atoms with E-state index in [2.05, 4.69) is 41.2 Å². The van der Waals surface area contributed by atoms with E-state index in [0.717, 1.165) is 29.3 Å². The van der Waals surface area contributed by atoms with Crippen LogP contribution in [-0.4, -0.2) is 16.8 Å². The molecule has 3 heteroatoms. The van der Waals surface area contributed by atoms with Gasteiger partial charge in [-0.2, -0.15) is 0 Å². The van der Waals surface area contributed by atoms with Gasteiger partial charge in [0.1, 0.15) is 0 Å². The van der Waals surface area contributed by atoms with Gasteiger partial charge in [-0.3, -0.25) is 4.79 Å². The van der Waals surface area contributed by atoms with Crippen molar-refractivity contribution in [3.05, 3.63) is 34.9 Å². The minimum Gasteiger partial charge on any atom is -0.346 e. The number of carbonyl (C=O) groups is 1. The first-order valence-corrected chi connectivity index (χ1v) is 8.54. The number of hydrogen-bond donors (Lipinski definition) is 1. The van der Waals surface area contributed by atoms with Crippen LogP contribution in [0.1, 0.15) is 54.1 Å². The van der Waals surface area contributed by atoms with Crippen molar-refractivity contribution in [2.45, 2.75) is 52.0 Å². The molecule has 0 spiro atoms. The van der Waals surface area contributed by atoms with E-state index in [4.69, 9.17) is 0 Å². The lowest BCUT2D eigenvalue weighted by molar-refractivity contribution is 0.0869. The minimum absolute atomic E-state index is 0.0658. The molecule has 1 amide bonds. The van der Waals surface area contributed by atoms with Gasteiger partial charge in [0.05, 0.1) is 5.54 Å². The Kier molecular flexibility index (Phi) is 4.90. The molecule has 1 saturated carbocycles. The summed E-state index contributed by atoms with van der Waals surface area (Å²) < 4.78 is 0. The van der Waals surface area contributed by atoms with Gasteiger partial charge < -0.3 is 5.32 Å². The van der Waals surface area contributed by atoms with Crippen LogP contribution in [0.4, 0.5) is 0 Å². The van der Waals surface area contributed by atoms with Crippen molar-refractivity contribution in [1.29, 1.82) is 0 Å². The second-order valence-electron chi connectivity index (χ2n) is 6.39. The Morgan fingerprint density at radius 2 is 2.20 bits per heavy atom. The Morgan fingerprint density at radius 3 is 2.80 bits per heavy atom. The zero-order chi connectivity index (χ0) is 14.8. The molecule has 0 bridgehead atoms. The lowest BCUT2D eigenvalue weighted by Crippen LogP contribution is -2.52. The van der Waals surface area contributed by atoms with Gasteiger partial charge in [0, 0.05) is 10.9 Å². The predicted molar refractivity (Wildman–Crippen MR) is 87.5 cm³/mol. The van der Waals surface area contributed by atoms with Crippen LogP contribution in [0, 0.1) is 19.8 Å². The molecule has 0 aromatic heterocycles. The summed E-state index contributed by atoms with van der Waals surface area (Å²) >= 11 is 3.61. The zero-order valence-electron chi connectivity index (χ0n) is 12.6. The summed E-state index contributed by atoms with van der Waals surface area (Å²) in [7, 11) is 0. The molecule has 1 N–H and O–H groups in total. The Balaban J connectivity index is 2.16. The van der Waals surface area contributed by atoms with Crippen molar-refractivity contribution >= 4 is 21.8 Å². The summed E-state index contributed by atoms with van der Waals surface area (Å²) in [6, 6.07) is 6.01. The van der Waals surface area contributed by atoms with E-state index >= 15 is 0 Å². The molecule has 0 saturated heterocycles. The lowest BCUT2D eigenvalue weighted by Gasteiger charge is -2.39. The quantitative estimate of drug-likeness (QED) is 0.815.